The van der Waals surface area contributed by atoms with Gasteiger partial charge in [-0.25, -0.2) is 4.39 Å². The smallest absolute Gasteiger partial charge is 0.148 e. The molecule has 0 aliphatic rings. The summed E-state index contributed by atoms with van der Waals surface area (Å²) >= 11 is 0. The maximum Gasteiger partial charge on any atom is 0.148 e. The lowest BCUT2D eigenvalue weighted by Crippen LogP contribution is -2.21. The average molecular weight is 198 g/mol. The van der Waals surface area contributed by atoms with Gasteiger partial charge in [0, 0.05) is 13.2 Å². The average Bonchev–Trinajstić information content (AvgIpc) is 2.13. The van der Waals surface area contributed by atoms with E-state index in [0.717, 1.165) is 0 Å². The second kappa shape index (κ2) is 4.81. The fourth-order valence-corrected chi connectivity index (χ4v) is 1.22. The highest BCUT2D eigenvalue weighted by molar-refractivity contribution is 5.66. The van der Waals surface area contributed by atoms with E-state index in [2.05, 4.69) is 5.32 Å². The van der Waals surface area contributed by atoms with Crippen molar-refractivity contribution in [2.24, 2.45) is 0 Å². The number of nitrogen functional groups attached to an aromatic ring is 1. The van der Waals surface area contributed by atoms with E-state index in [-0.39, 0.29) is 11.7 Å². The van der Waals surface area contributed by atoms with Crippen LogP contribution < -0.4 is 11.1 Å². The molecule has 0 saturated carbocycles. The summed E-state index contributed by atoms with van der Waals surface area (Å²) in [6.45, 7) is 2.49. The second-order valence-electron chi connectivity index (χ2n) is 3.20. The van der Waals surface area contributed by atoms with E-state index in [1.807, 2.05) is 6.92 Å². The van der Waals surface area contributed by atoms with Gasteiger partial charge in [0.15, 0.2) is 0 Å². The van der Waals surface area contributed by atoms with Crippen molar-refractivity contribution in [1.29, 1.82) is 0 Å². The number of anilines is 2. The third kappa shape index (κ3) is 2.60. The Labute approximate surface area is 83.1 Å². The predicted molar refractivity (Wildman–Crippen MR) is 55.8 cm³/mol. The molecule has 0 amide bonds. The first-order valence-corrected chi connectivity index (χ1v) is 4.44. The quantitative estimate of drug-likeness (QED) is 0.726. The Bertz CT molecular complexity index is 304. The van der Waals surface area contributed by atoms with Gasteiger partial charge >= 0.3 is 0 Å². The van der Waals surface area contributed by atoms with Gasteiger partial charge in [-0.1, -0.05) is 6.07 Å². The van der Waals surface area contributed by atoms with Gasteiger partial charge in [-0.05, 0) is 19.1 Å². The number of halogens is 1. The highest BCUT2D eigenvalue weighted by Gasteiger charge is 2.06. The first-order valence-electron chi connectivity index (χ1n) is 4.44. The Hall–Kier alpha value is -1.29. The third-order valence-electron chi connectivity index (χ3n) is 1.87. The largest absolute Gasteiger partial charge is 0.395 e. The van der Waals surface area contributed by atoms with Crippen LogP contribution in [0.15, 0.2) is 18.2 Å². The number of nitrogens with two attached hydrogens (primary N) is 1. The predicted octanol–water partition coefficient (Wildman–Crippen LogP) is 1.85. The van der Waals surface area contributed by atoms with Crippen LogP contribution in [0.25, 0.3) is 0 Å². The van der Waals surface area contributed by atoms with E-state index in [1.54, 1.807) is 19.2 Å². The molecule has 0 aliphatic carbocycles. The maximum atomic E-state index is 13.0. The van der Waals surface area contributed by atoms with Crippen molar-refractivity contribution >= 4 is 11.4 Å². The first-order chi connectivity index (χ1) is 6.65. The highest BCUT2D eigenvalue weighted by Crippen LogP contribution is 2.21. The van der Waals surface area contributed by atoms with E-state index < -0.39 is 5.82 Å². The Morgan fingerprint density at radius 1 is 1.57 bits per heavy atom. The lowest BCUT2D eigenvalue weighted by molar-refractivity contribution is 0.190. The van der Waals surface area contributed by atoms with E-state index in [0.29, 0.717) is 12.3 Å². The number of methoxy groups -OCH3 is 1. The van der Waals surface area contributed by atoms with Crippen LogP contribution in [0.5, 0.6) is 0 Å². The number of ether oxygens (including phenoxy) is 1. The minimum atomic E-state index is -0.403. The summed E-state index contributed by atoms with van der Waals surface area (Å²) < 4.78 is 18.0. The molecule has 4 heteroatoms. The Morgan fingerprint density at radius 3 is 2.93 bits per heavy atom. The summed E-state index contributed by atoms with van der Waals surface area (Å²) in [5.41, 5.74) is 6.30. The number of benzene rings is 1. The minimum absolute atomic E-state index is 0.101. The lowest BCUT2D eigenvalue weighted by Gasteiger charge is -2.15. The summed E-state index contributed by atoms with van der Waals surface area (Å²) in [6.07, 6.45) is 0. The zero-order valence-corrected chi connectivity index (χ0v) is 8.38. The molecular formula is C10H15FN2O. The van der Waals surface area contributed by atoms with Gasteiger partial charge in [0.2, 0.25) is 0 Å². The molecule has 3 nitrogen and oxygen atoms in total. The summed E-state index contributed by atoms with van der Waals surface area (Å²) in [4.78, 5) is 0. The fraction of sp³-hybridized carbons (Fsp3) is 0.400. The van der Waals surface area contributed by atoms with Crippen molar-refractivity contribution < 1.29 is 9.13 Å². The summed E-state index contributed by atoms with van der Waals surface area (Å²) in [6, 6.07) is 4.80. The minimum Gasteiger partial charge on any atom is -0.395 e. The standard InChI is InChI=1S/C10H15FN2O/c1-7(6-14-2)13-9-5-3-4-8(11)10(9)12/h3-5,7,13H,6,12H2,1-2H3. The molecule has 1 aromatic rings. The van der Waals surface area contributed by atoms with Gasteiger partial charge in [-0.15, -0.1) is 0 Å². The Kier molecular flexibility index (Phi) is 3.71. The van der Waals surface area contributed by atoms with Crippen LogP contribution in [-0.4, -0.2) is 19.8 Å². The van der Waals surface area contributed by atoms with Crippen molar-refractivity contribution in [3.8, 4) is 0 Å². The van der Waals surface area contributed by atoms with Crippen LogP contribution in [0.2, 0.25) is 0 Å². The van der Waals surface area contributed by atoms with Crippen molar-refractivity contribution in [3.63, 3.8) is 0 Å². The topological polar surface area (TPSA) is 47.3 Å². The zero-order valence-electron chi connectivity index (χ0n) is 8.38. The van der Waals surface area contributed by atoms with Crippen LogP contribution in [0.3, 0.4) is 0 Å². The van der Waals surface area contributed by atoms with Crippen LogP contribution in [0.4, 0.5) is 15.8 Å². The lowest BCUT2D eigenvalue weighted by atomic mass is 10.2. The number of rotatable bonds is 4. The van der Waals surface area contributed by atoms with Gasteiger partial charge < -0.3 is 15.8 Å². The molecule has 1 unspecified atom stereocenters. The zero-order chi connectivity index (χ0) is 10.6. The SMILES string of the molecule is COCC(C)Nc1cccc(F)c1N. The molecule has 0 spiro atoms. The molecular weight excluding hydrogens is 183 g/mol. The molecule has 1 atom stereocenters. The Morgan fingerprint density at radius 2 is 2.29 bits per heavy atom. The van der Waals surface area contributed by atoms with Crippen LogP contribution >= 0.6 is 0 Å². The molecule has 78 valence electrons. The molecule has 0 fully saturated rings. The molecule has 14 heavy (non-hydrogen) atoms. The van der Waals surface area contributed by atoms with Gasteiger partial charge in [-0.2, -0.15) is 0 Å². The van der Waals surface area contributed by atoms with Gasteiger partial charge in [0.25, 0.3) is 0 Å². The van der Waals surface area contributed by atoms with Gasteiger partial charge in [0.05, 0.1) is 18.0 Å². The van der Waals surface area contributed by atoms with E-state index in [4.69, 9.17) is 10.5 Å². The number of hydrogen-bond acceptors (Lipinski definition) is 3. The highest BCUT2D eigenvalue weighted by atomic mass is 19.1. The van der Waals surface area contributed by atoms with Crippen molar-refractivity contribution in [2.45, 2.75) is 13.0 Å². The van der Waals surface area contributed by atoms with E-state index >= 15 is 0 Å². The molecule has 0 saturated heterocycles. The van der Waals surface area contributed by atoms with Crippen molar-refractivity contribution in [1.82, 2.24) is 0 Å². The van der Waals surface area contributed by atoms with E-state index in [1.165, 1.54) is 6.07 Å². The summed E-state index contributed by atoms with van der Waals surface area (Å²) in [5, 5.41) is 3.06. The molecule has 0 radical (unpaired) electrons. The molecule has 3 N–H and O–H groups in total. The molecule has 0 bridgehead atoms. The summed E-state index contributed by atoms with van der Waals surface area (Å²) in [5.74, 6) is -0.403. The normalized spacial score (nSPS) is 12.5. The number of nitrogens with one attached hydrogen (secondary N) is 1. The molecule has 1 rings (SSSR count). The molecule has 1 aromatic carbocycles. The van der Waals surface area contributed by atoms with Crippen LogP contribution in [0.1, 0.15) is 6.92 Å². The molecule has 0 heterocycles. The van der Waals surface area contributed by atoms with Gasteiger partial charge in [0.1, 0.15) is 5.82 Å². The van der Waals surface area contributed by atoms with Crippen LogP contribution in [-0.2, 0) is 4.74 Å². The summed E-state index contributed by atoms with van der Waals surface area (Å²) in [7, 11) is 1.62. The van der Waals surface area contributed by atoms with E-state index in [9.17, 15) is 4.39 Å². The van der Waals surface area contributed by atoms with Crippen LogP contribution in [0, 0.1) is 5.82 Å². The van der Waals surface area contributed by atoms with Crippen molar-refractivity contribution in [2.75, 3.05) is 24.8 Å². The van der Waals surface area contributed by atoms with Crippen molar-refractivity contribution in [3.05, 3.63) is 24.0 Å². The van der Waals surface area contributed by atoms with Gasteiger partial charge in [-0.3, -0.25) is 0 Å². The fourth-order valence-electron chi connectivity index (χ4n) is 1.22. The second-order valence-corrected chi connectivity index (χ2v) is 3.20. The third-order valence-corrected chi connectivity index (χ3v) is 1.87. The molecule has 0 aromatic heterocycles. The monoisotopic (exact) mass is 198 g/mol. The first kappa shape index (κ1) is 10.8. The maximum absolute atomic E-state index is 13.0. The number of para-hydroxylation sites is 1. The molecule has 0 aliphatic heterocycles. The Balaban J connectivity index is 2.71. The number of hydrogen-bond donors (Lipinski definition) is 2.